The van der Waals surface area contributed by atoms with Crippen molar-refractivity contribution in [3.63, 3.8) is 0 Å². The van der Waals surface area contributed by atoms with Crippen molar-refractivity contribution in [1.82, 2.24) is 14.1 Å². The average molecular weight is 384 g/mol. The van der Waals surface area contributed by atoms with Gasteiger partial charge in [0.1, 0.15) is 10.6 Å². The molecule has 1 aromatic carbocycles. The molecule has 0 aliphatic carbocycles. The Balaban J connectivity index is 2.11. The third-order valence-corrected chi connectivity index (χ3v) is 6.68. The van der Waals surface area contributed by atoms with Crippen molar-refractivity contribution >= 4 is 15.9 Å². The van der Waals surface area contributed by atoms with Crippen molar-refractivity contribution in [3.05, 3.63) is 23.3 Å². The Hall–Kier alpha value is -1.64. The molecule has 26 heavy (non-hydrogen) atoms. The molecule has 7 nitrogen and oxygen atoms in total. The summed E-state index contributed by atoms with van der Waals surface area (Å²) in [5.74, 6) is 0.428. The second-order valence-corrected chi connectivity index (χ2v) is 8.83. The molecule has 0 N–H and O–H groups in total. The van der Waals surface area contributed by atoms with Gasteiger partial charge >= 0.3 is 0 Å². The van der Waals surface area contributed by atoms with E-state index in [4.69, 9.17) is 4.74 Å². The number of methoxy groups -OCH3 is 1. The van der Waals surface area contributed by atoms with Crippen LogP contribution in [0.25, 0.3) is 0 Å². The average Bonchev–Trinajstić information content (AvgIpc) is 2.61. The van der Waals surface area contributed by atoms with Gasteiger partial charge in [0, 0.05) is 39.1 Å². The number of amides is 1. The Labute approximate surface area is 156 Å². The van der Waals surface area contributed by atoms with Gasteiger partial charge in [0.15, 0.2) is 0 Å². The Morgan fingerprint density at radius 3 is 2.23 bits per heavy atom. The van der Waals surface area contributed by atoms with Crippen LogP contribution in [0.1, 0.15) is 17.5 Å². The summed E-state index contributed by atoms with van der Waals surface area (Å²) in [6.07, 6.45) is 0.449. The van der Waals surface area contributed by atoms with Crippen LogP contribution in [0, 0.1) is 13.8 Å². The van der Waals surface area contributed by atoms with E-state index in [-0.39, 0.29) is 10.8 Å². The molecule has 1 fully saturated rings. The number of nitrogens with zero attached hydrogens (tertiary/aromatic N) is 3. The second-order valence-electron chi connectivity index (χ2n) is 6.93. The molecule has 8 heteroatoms. The van der Waals surface area contributed by atoms with Crippen LogP contribution in [0.2, 0.25) is 0 Å². The fourth-order valence-corrected chi connectivity index (χ4v) is 4.56. The number of rotatable bonds is 6. The molecule has 1 aliphatic rings. The quantitative estimate of drug-likeness (QED) is 0.736. The number of carbonyl (C=O) groups excluding carboxylic acids is 1. The molecule has 0 spiro atoms. The zero-order valence-electron chi connectivity index (χ0n) is 16.3. The summed E-state index contributed by atoms with van der Waals surface area (Å²) in [5.41, 5.74) is 1.89. The first kappa shape index (κ1) is 20.7. The minimum absolute atomic E-state index is 0.0690. The molecule has 0 saturated carbocycles. The number of ether oxygens (including phenoxy) is 1. The van der Waals surface area contributed by atoms with Gasteiger partial charge in [0.05, 0.1) is 7.11 Å². The molecule has 1 aromatic rings. The summed E-state index contributed by atoms with van der Waals surface area (Å²) in [6, 6.07) is 3.42. The van der Waals surface area contributed by atoms with Gasteiger partial charge in [-0.3, -0.25) is 4.79 Å². The lowest BCUT2D eigenvalue weighted by molar-refractivity contribution is -0.132. The SMILES string of the molecule is COc1cc(C)c(C)cc1S(=O)(=O)N1CCN(C(=O)CCN(C)C)CC1. The summed E-state index contributed by atoms with van der Waals surface area (Å²) in [5, 5.41) is 0. The number of benzene rings is 1. The Kier molecular flexibility index (Phi) is 6.65. The predicted molar refractivity (Wildman–Crippen MR) is 101 cm³/mol. The molecular weight excluding hydrogens is 354 g/mol. The monoisotopic (exact) mass is 383 g/mol. The van der Waals surface area contributed by atoms with E-state index in [9.17, 15) is 13.2 Å². The molecule has 1 saturated heterocycles. The number of hydrogen-bond acceptors (Lipinski definition) is 5. The second kappa shape index (κ2) is 8.37. The van der Waals surface area contributed by atoms with E-state index in [1.807, 2.05) is 32.8 Å². The first-order valence-electron chi connectivity index (χ1n) is 8.74. The van der Waals surface area contributed by atoms with Crippen molar-refractivity contribution in [3.8, 4) is 5.75 Å². The maximum atomic E-state index is 13.1. The number of carbonyl (C=O) groups is 1. The maximum absolute atomic E-state index is 13.1. The van der Waals surface area contributed by atoms with Crippen LogP contribution < -0.4 is 4.74 Å². The normalized spacial score (nSPS) is 16.2. The zero-order valence-corrected chi connectivity index (χ0v) is 17.1. The van der Waals surface area contributed by atoms with Crippen LogP contribution in [-0.4, -0.2) is 82.4 Å². The Morgan fingerprint density at radius 2 is 1.69 bits per heavy atom. The number of aryl methyl sites for hydroxylation is 2. The van der Waals surface area contributed by atoms with E-state index in [2.05, 4.69) is 0 Å². The standard InChI is InChI=1S/C18H29N3O4S/c1-14-12-16(25-5)17(13-15(14)2)26(23,24)21-10-8-20(9-11-21)18(22)6-7-19(3)4/h12-13H,6-11H2,1-5H3. The van der Waals surface area contributed by atoms with E-state index in [1.54, 1.807) is 17.0 Å². The number of hydrogen-bond donors (Lipinski definition) is 0. The molecule has 0 bridgehead atoms. The molecule has 0 atom stereocenters. The fourth-order valence-electron chi connectivity index (χ4n) is 2.92. The third-order valence-electron chi connectivity index (χ3n) is 4.76. The van der Waals surface area contributed by atoms with E-state index >= 15 is 0 Å². The molecule has 0 radical (unpaired) electrons. The van der Waals surface area contributed by atoms with Gasteiger partial charge in [-0.2, -0.15) is 4.31 Å². The van der Waals surface area contributed by atoms with Crippen LogP contribution in [0.5, 0.6) is 5.75 Å². The van der Waals surface area contributed by atoms with Crippen molar-refractivity contribution in [2.45, 2.75) is 25.2 Å². The van der Waals surface area contributed by atoms with Gasteiger partial charge in [-0.15, -0.1) is 0 Å². The lowest BCUT2D eigenvalue weighted by Gasteiger charge is -2.34. The molecular formula is C18H29N3O4S. The van der Waals surface area contributed by atoms with Gasteiger partial charge in [0.2, 0.25) is 15.9 Å². The zero-order chi connectivity index (χ0) is 19.5. The Morgan fingerprint density at radius 1 is 1.12 bits per heavy atom. The molecule has 1 heterocycles. The largest absolute Gasteiger partial charge is 0.495 e. The molecule has 146 valence electrons. The third kappa shape index (κ3) is 4.55. The highest BCUT2D eigenvalue weighted by molar-refractivity contribution is 7.89. The summed E-state index contributed by atoms with van der Waals surface area (Å²) >= 11 is 0. The summed E-state index contributed by atoms with van der Waals surface area (Å²) in [6.45, 7) is 5.92. The van der Waals surface area contributed by atoms with E-state index in [0.29, 0.717) is 44.9 Å². The summed E-state index contributed by atoms with van der Waals surface area (Å²) in [4.78, 5) is 16.1. The van der Waals surface area contributed by atoms with Crippen LogP contribution in [0.3, 0.4) is 0 Å². The van der Waals surface area contributed by atoms with E-state index in [1.165, 1.54) is 11.4 Å². The molecule has 0 unspecified atom stereocenters. The van der Waals surface area contributed by atoms with Gasteiger partial charge in [0.25, 0.3) is 0 Å². The van der Waals surface area contributed by atoms with Gasteiger partial charge in [-0.25, -0.2) is 8.42 Å². The number of sulfonamides is 1. The van der Waals surface area contributed by atoms with Gasteiger partial charge in [-0.05, 0) is 51.2 Å². The van der Waals surface area contributed by atoms with E-state index < -0.39 is 10.0 Å². The van der Waals surface area contributed by atoms with Crippen LogP contribution in [0.15, 0.2) is 17.0 Å². The van der Waals surface area contributed by atoms with Gasteiger partial charge in [-0.1, -0.05) is 0 Å². The molecule has 1 amide bonds. The van der Waals surface area contributed by atoms with Gasteiger partial charge < -0.3 is 14.5 Å². The highest BCUT2D eigenvalue weighted by Crippen LogP contribution is 2.30. The lowest BCUT2D eigenvalue weighted by atomic mass is 10.1. The van der Waals surface area contributed by atoms with Crippen LogP contribution in [-0.2, 0) is 14.8 Å². The predicted octanol–water partition coefficient (Wildman–Crippen LogP) is 1.10. The van der Waals surface area contributed by atoms with Crippen molar-refractivity contribution in [2.75, 3.05) is 53.9 Å². The van der Waals surface area contributed by atoms with E-state index in [0.717, 1.165) is 11.1 Å². The first-order valence-corrected chi connectivity index (χ1v) is 10.2. The molecule has 0 aromatic heterocycles. The topological polar surface area (TPSA) is 70.2 Å². The smallest absolute Gasteiger partial charge is 0.246 e. The summed E-state index contributed by atoms with van der Waals surface area (Å²) < 4.78 is 32.9. The van der Waals surface area contributed by atoms with Crippen LogP contribution >= 0.6 is 0 Å². The highest BCUT2D eigenvalue weighted by Gasteiger charge is 2.32. The highest BCUT2D eigenvalue weighted by atomic mass is 32.2. The van der Waals surface area contributed by atoms with Crippen molar-refractivity contribution < 1.29 is 17.9 Å². The fraction of sp³-hybridized carbons (Fsp3) is 0.611. The van der Waals surface area contributed by atoms with Crippen molar-refractivity contribution in [1.29, 1.82) is 0 Å². The lowest BCUT2D eigenvalue weighted by Crippen LogP contribution is -2.50. The van der Waals surface area contributed by atoms with Crippen molar-refractivity contribution in [2.24, 2.45) is 0 Å². The summed E-state index contributed by atoms with van der Waals surface area (Å²) in [7, 11) is 1.67. The minimum atomic E-state index is -3.66. The van der Waals surface area contributed by atoms with Crippen LogP contribution in [0.4, 0.5) is 0 Å². The molecule has 2 rings (SSSR count). The maximum Gasteiger partial charge on any atom is 0.246 e. The number of piperazine rings is 1. The molecule has 1 aliphatic heterocycles. The first-order chi connectivity index (χ1) is 12.2. The Bertz CT molecular complexity index is 754. The minimum Gasteiger partial charge on any atom is -0.495 e.